The maximum atomic E-state index is 13.6. The number of methoxy groups -OCH3 is 1. The summed E-state index contributed by atoms with van der Waals surface area (Å²) in [5.74, 6) is 0.624. The van der Waals surface area contributed by atoms with E-state index >= 15 is 0 Å². The number of hydrogen-bond acceptors (Lipinski definition) is 8. The average molecular weight is 540 g/mol. The number of esters is 1. The van der Waals surface area contributed by atoms with Gasteiger partial charge < -0.3 is 9.64 Å². The fourth-order valence-corrected chi connectivity index (χ4v) is 6.43. The van der Waals surface area contributed by atoms with E-state index in [1.807, 2.05) is 23.9 Å². The van der Waals surface area contributed by atoms with E-state index in [0.29, 0.717) is 27.2 Å². The van der Waals surface area contributed by atoms with E-state index in [4.69, 9.17) is 14.7 Å². The maximum Gasteiger partial charge on any atom is 0.350 e. The number of nitrogens with zero attached hydrogens (tertiary/aromatic N) is 5. The summed E-state index contributed by atoms with van der Waals surface area (Å²) in [6.07, 6.45) is 7.36. The van der Waals surface area contributed by atoms with Gasteiger partial charge in [-0.2, -0.15) is 0 Å². The van der Waals surface area contributed by atoms with Crippen LogP contribution in [-0.2, 0) is 11.2 Å². The van der Waals surface area contributed by atoms with Gasteiger partial charge in [-0.1, -0.05) is 36.3 Å². The normalized spacial score (nSPS) is 14.8. The minimum atomic E-state index is -0.468. The van der Waals surface area contributed by atoms with Crippen molar-refractivity contribution in [3.63, 3.8) is 0 Å². The fourth-order valence-electron chi connectivity index (χ4n) is 4.88. The third kappa shape index (κ3) is 4.97. The second kappa shape index (κ2) is 10.8. The number of imidazole rings is 1. The summed E-state index contributed by atoms with van der Waals surface area (Å²) < 4.78 is 23.2. The monoisotopic (exact) mass is 539 g/mol. The first-order valence-electron chi connectivity index (χ1n) is 12.3. The lowest BCUT2D eigenvalue weighted by atomic mass is 9.91. The number of anilines is 2. The Morgan fingerprint density at radius 3 is 2.57 bits per heavy atom. The molecule has 4 heterocycles. The van der Waals surface area contributed by atoms with Gasteiger partial charge in [0.15, 0.2) is 5.13 Å². The highest BCUT2D eigenvalue weighted by Gasteiger charge is 2.26. The molecule has 1 fully saturated rings. The molecule has 0 bridgehead atoms. The van der Waals surface area contributed by atoms with Crippen LogP contribution in [0.4, 0.5) is 15.3 Å². The van der Waals surface area contributed by atoms with E-state index in [1.54, 1.807) is 12.1 Å². The summed E-state index contributed by atoms with van der Waals surface area (Å²) in [5, 5.41) is 0.634. The largest absolute Gasteiger partial charge is 0.465 e. The number of piperidine rings is 1. The zero-order valence-electron chi connectivity index (χ0n) is 21.4. The lowest BCUT2D eigenvalue weighted by Crippen LogP contribution is -2.27. The zero-order valence-corrected chi connectivity index (χ0v) is 23.0. The molecule has 194 valence electrons. The molecule has 0 atom stereocenters. The first kappa shape index (κ1) is 25.7. The third-order valence-corrected chi connectivity index (χ3v) is 8.91. The number of fused-ring (bicyclic) bond motifs is 1. The number of thiazole rings is 1. The standard InChI is InChI=1S/C27H30FN5O2S2/c1-5-21-25(33-16-19(8-11-22(33)29-21)17-12-14-32(36-4)15-13-17)31(2)27-30-23(24(37-27)26(34)35-3)18-6-9-20(28)10-7-18/h6-11,16-17H,5,12-15H2,1-4H3. The number of aromatic nitrogens is 3. The SMILES string of the molecule is CCc1nc2ccc(C3CCN(SC)CC3)cn2c1N(C)c1nc(-c2ccc(F)cc2)c(C(=O)OC)s1. The van der Waals surface area contributed by atoms with Crippen LogP contribution in [-0.4, -0.2) is 58.1 Å². The van der Waals surface area contributed by atoms with Gasteiger partial charge in [0.2, 0.25) is 0 Å². The second-order valence-electron chi connectivity index (χ2n) is 9.04. The Hall–Kier alpha value is -2.95. The molecule has 1 saturated heterocycles. The number of benzene rings is 1. The number of ether oxygens (including phenoxy) is 1. The molecular formula is C27H30FN5O2S2. The molecule has 0 amide bonds. The summed E-state index contributed by atoms with van der Waals surface area (Å²) in [6.45, 7) is 4.26. The first-order chi connectivity index (χ1) is 17.9. The van der Waals surface area contributed by atoms with Crippen molar-refractivity contribution in [1.82, 2.24) is 18.7 Å². The Balaban J connectivity index is 1.56. The number of halogens is 1. The van der Waals surface area contributed by atoms with E-state index in [1.165, 1.54) is 36.1 Å². The van der Waals surface area contributed by atoms with Gasteiger partial charge in [-0.25, -0.2) is 19.2 Å². The number of hydrogen-bond donors (Lipinski definition) is 0. The molecule has 7 nitrogen and oxygen atoms in total. The highest BCUT2D eigenvalue weighted by Crippen LogP contribution is 2.38. The summed E-state index contributed by atoms with van der Waals surface area (Å²) in [5.41, 5.74) is 4.28. The Morgan fingerprint density at radius 1 is 1.19 bits per heavy atom. The van der Waals surface area contributed by atoms with E-state index in [0.717, 1.165) is 49.5 Å². The highest BCUT2D eigenvalue weighted by atomic mass is 32.2. The fraction of sp³-hybridized carbons (Fsp3) is 0.370. The molecule has 10 heteroatoms. The van der Waals surface area contributed by atoms with Gasteiger partial charge in [-0.15, -0.1) is 0 Å². The summed E-state index contributed by atoms with van der Waals surface area (Å²) in [6, 6.07) is 10.3. The second-order valence-corrected chi connectivity index (χ2v) is 10.9. The van der Waals surface area contributed by atoms with Crippen molar-refractivity contribution in [3.05, 3.63) is 64.5 Å². The van der Waals surface area contributed by atoms with Crippen molar-refractivity contribution in [3.8, 4) is 11.3 Å². The Bertz CT molecular complexity index is 1410. The summed E-state index contributed by atoms with van der Waals surface area (Å²) >= 11 is 3.07. The Labute approximate surface area is 224 Å². The average Bonchev–Trinajstić information content (AvgIpc) is 3.54. The van der Waals surface area contributed by atoms with Crippen LogP contribution in [0.1, 0.15) is 46.6 Å². The molecule has 37 heavy (non-hydrogen) atoms. The van der Waals surface area contributed by atoms with Crippen molar-refractivity contribution < 1.29 is 13.9 Å². The van der Waals surface area contributed by atoms with Crippen molar-refractivity contribution >= 4 is 45.9 Å². The lowest BCUT2D eigenvalue weighted by Gasteiger charge is -2.30. The van der Waals surface area contributed by atoms with Gasteiger partial charge in [-0.05, 0) is 67.3 Å². The highest BCUT2D eigenvalue weighted by molar-refractivity contribution is 7.96. The molecule has 5 rings (SSSR count). The van der Waals surface area contributed by atoms with Gasteiger partial charge >= 0.3 is 5.97 Å². The van der Waals surface area contributed by atoms with Gasteiger partial charge in [0.05, 0.1) is 18.5 Å². The van der Waals surface area contributed by atoms with Crippen LogP contribution in [0.2, 0.25) is 0 Å². The number of rotatable bonds is 7. The first-order valence-corrected chi connectivity index (χ1v) is 14.3. The van der Waals surface area contributed by atoms with Gasteiger partial charge in [0, 0.05) is 31.9 Å². The van der Waals surface area contributed by atoms with E-state index in [2.05, 4.69) is 40.2 Å². The van der Waals surface area contributed by atoms with Crippen LogP contribution in [0.3, 0.4) is 0 Å². The molecule has 4 aromatic rings. The molecule has 0 radical (unpaired) electrons. The lowest BCUT2D eigenvalue weighted by molar-refractivity contribution is 0.0607. The smallest absolute Gasteiger partial charge is 0.350 e. The number of pyridine rings is 1. The number of carbonyl (C=O) groups excluding carboxylic acids is 1. The zero-order chi connectivity index (χ0) is 26.1. The minimum absolute atomic E-state index is 0.343. The summed E-state index contributed by atoms with van der Waals surface area (Å²) in [4.78, 5) is 24.7. The predicted octanol–water partition coefficient (Wildman–Crippen LogP) is 6.17. The molecule has 1 aliphatic heterocycles. The van der Waals surface area contributed by atoms with E-state index < -0.39 is 5.97 Å². The van der Waals surface area contributed by atoms with Crippen molar-refractivity contribution in [2.24, 2.45) is 0 Å². The van der Waals surface area contributed by atoms with Crippen molar-refractivity contribution in [1.29, 1.82) is 0 Å². The predicted molar refractivity (Wildman–Crippen MR) is 149 cm³/mol. The molecule has 0 unspecified atom stereocenters. The maximum absolute atomic E-state index is 13.6. The minimum Gasteiger partial charge on any atom is -0.465 e. The topological polar surface area (TPSA) is 63.0 Å². The van der Waals surface area contributed by atoms with Gasteiger partial charge in [0.1, 0.15) is 22.2 Å². The van der Waals surface area contributed by atoms with Crippen molar-refractivity contribution in [2.45, 2.75) is 32.1 Å². The van der Waals surface area contributed by atoms with E-state index in [-0.39, 0.29) is 5.82 Å². The quantitative estimate of drug-likeness (QED) is 0.206. The van der Waals surface area contributed by atoms with Crippen LogP contribution in [0.15, 0.2) is 42.6 Å². The third-order valence-electron chi connectivity index (χ3n) is 6.91. The molecule has 1 aromatic carbocycles. The molecule has 0 aliphatic carbocycles. The van der Waals surface area contributed by atoms with Crippen molar-refractivity contribution in [2.75, 3.05) is 38.4 Å². The van der Waals surface area contributed by atoms with E-state index in [9.17, 15) is 9.18 Å². The van der Waals surface area contributed by atoms with Crippen LogP contribution in [0, 0.1) is 5.82 Å². The molecule has 0 spiro atoms. The van der Waals surface area contributed by atoms with Crippen LogP contribution in [0.25, 0.3) is 16.9 Å². The molecule has 0 N–H and O–H groups in total. The van der Waals surface area contributed by atoms with Crippen LogP contribution >= 0.6 is 23.3 Å². The Morgan fingerprint density at radius 2 is 1.92 bits per heavy atom. The van der Waals surface area contributed by atoms with Crippen LogP contribution < -0.4 is 4.90 Å². The molecular weight excluding hydrogens is 509 g/mol. The number of carbonyl (C=O) groups is 1. The Kier molecular flexibility index (Phi) is 7.50. The van der Waals surface area contributed by atoms with Gasteiger partial charge in [-0.3, -0.25) is 8.71 Å². The summed E-state index contributed by atoms with van der Waals surface area (Å²) in [7, 11) is 3.30. The van der Waals surface area contributed by atoms with Crippen LogP contribution in [0.5, 0.6) is 0 Å². The molecule has 0 saturated carbocycles. The molecule has 1 aliphatic rings. The number of aryl methyl sites for hydroxylation is 1. The molecule has 3 aromatic heterocycles. The van der Waals surface area contributed by atoms with Gasteiger partial charge in [0.25, 0.3) is 0 Å².